The Labute approximate surface area is 161 Å². The summed E-state index contributed by atoms with van der Waals surface area (Å²) >= 11 is 0. The molecular formula is C19H23FN6O2. The first-order valence-electron chi connectivity index (χ1n) is 9.64. The zero-order valence-corrected chi connectivity index (χ0v) is 16.0. The number of nitrogens with zero attached hydrogens (tertiary/aromatic N) is 6. The molecular weight excluding hydrogens is 363 g/mol. The normalized spacial score (nSPS) is 17.8. The van der Waals surface area contributed by atoms with Gasteiger partial charge in [-0.25, -0.2) is 9.07 Å². The van der Waals surface area contributed by atoms with Gasteiger partial charge in [-0.2, -0.15) is 0 Å². The SMILES string of the molecule is CC[C@H](C)[C@@H](C(=O)N1CCC(c2noc3cc(F)ccc23)CC1)n1cnnn1. The summed E-state index contributed by atoms with van der Waals surface area (Å²) in [5.74, 6) is 0.0236. The van der Waals surface area contributed by atoms with Crippen LogP contribution < -0.4 is 0 Å². The molecule has 1 aliphatic rings. The van der Waals surface area contributed by atoms with Crippen LogP contribution in [0.1, 0.15) is 50.8 Å². The molecule has 2 atom stereocenters. The molecule has 148 valence electrons. The van der Waals surface area contributed by atoms with Gasteiger partial charge in [-0.3, -0.25) is 4.79 Å². The van der Waals surface area contributed by atoms with Crippen molar-refractivity contribution in [3.8, 4) is 0 Å². The number of carbonyl (C=O) groups excluding carboxylic acids is 1. The molecule has 3 heterocycles. The minimum atomic E-state index is -0.396. The van der Waals surface area contributed by atoms with Crippen molar-refractivity contribution >= 4 is 16.9 Å². The molecule has 1 saturated heterocycles. The van der Waals surface area contributed by atoms with Gasteiger partial charge >= 0.3 is 0 Å². The maximum absolute atomic E-state index is 13.4. The van der Waals surface area contributed by atoms with Crippen LogP contribution in [-0.4, -0.2) is 49.3 Å². The van der Waals surface area contributed by atoms with Crippen LogP contribution in [0.4, 0.5) is 4.39 Å². The molecule has 0 bridgehead atoms. The number of amides is 1. The van der Waals surface area contributed by atoms with Crippen molar-refractivity contribution in [2.24, 2.45) is 5.92 Å². The van der Waals surface area contributed by atoms with Crippen molar-refractivity contribution < 1.29 is 13.7 Å². The second kappa shape index (κ2) is 7.65. The summed E-state index contributed by atoms with van der Waals surface area (Å²) in [6.45, 7) is 5.36. The number of hydrogen-bond donors (Lipinski definition) is 0. The molecule has 8 nitrogen and oxygen atoms in total. The molecule has 9 heteroatoms. The molecule has 0 aliphatic carbocycles. The molecule has 2 aromatic heterocycles. The van der Waals surface area contributed by atoms with E-state index in [2.05, 4.69) is 27.6 Å². The summed E-state index contributed by atoms with van der Waals surface area (Å²) in [5.41, 5.74) is 1.31. The van der Waals surface area contributed by atoms with Crippen LogP contribution in [0.25, 0.3) is 11.0 Å². The first-order chi connectivity index (χ1) is 13.6. The predicted molar refractivity (Wildman–Crippen MR) is 98.8 cm³/mol. The van der Waals surface area contributed by atoms with Crippen molar-refractivity contribution in [3.63, 3.8) is 0 Å². The number of fused-ring (bicyclic) bond motifs is 1. The van der Waals surface area contributed by atoms with E-state index in [1.54, 1.807) is 10.7 Å². The maximum Gasteiger partial charge on any atom is 0.247 e. The highest BCUT2D eigenvalue weighted by atomic mass is 19.1. The number of halogens is 1. The third-order valence-electron chi connectivity index (χ3n) is 5.74. The highest BCUT2D eigenvalue weighted by molar-refractivity contribution is 5.81. The quantitative estimate of drug-likeness (QED) is 0.670. The molecule has 4 rings (SSSR count). The monoisotopic (exact) mass is 386 g/mol. The summed E-state index contributed by atoms with van der Waals surface area (Å²) < 4.78 is 20.2. The average molecular weight is 386 g/mol. The van der Waals surface area contributed by atoms with E-state index in [4.69, 9.17) is 4.52 Å². The molecule has 28 heavy (non-hydrogen) atoms. The zero-order valence-electron chi connectivity index (χ0n) is 16.0. The van der Waals surface area contributed by atoms with Gasteiger partial charge in [0, 0.05) is 30.5 Å². The van der Waals surface area contributed by atoms with E-state index in [0.29, 0.717) is 18.7 Å². The van der Waals surface area contributed by atoms with Crippen molar-refractivity contribution in [1.82, 2.24) is 30.3 Å². The zero-order chi connectivity index (χ0) is 19.7. The summed E-state index contributed by atoms with van der Waals surface area (Å²) in [4.78, 5) is 15.1. The van der Waals surface area contributed by atoms with E-state index < -0.39 is 6.04 Å². The molecule has 3 aromatic rings. The molecule has 1 fully saturated rings. The number of piperidine rings is 1. The Bertz CT molecular complexity index is 949. The fraction of sp³-hybridized carbons (Fsp3) is 0.526. The molecule has 0 unspecified atom stereocenters. The number of likely N-dealkylation sites (tertiary alicyclic amines) is 1. The predicted octanol–water partition coefficient (Wildman–Crippen LogP) is 2.95. The number of hydrogen-bond acceptors (Lipinski definition) is 6. The number of tetrazole rings is 1. The molecule has 0 radical (unpaired) electrons. The highest BCUT2D eigenvalue weighted by Crippen LogP contribution is 2.34. The molecule has 1 aliphatic heterocycles. The topological polar surface area (TPSA) is 89.9 Å². The Kier molecular flexibility index (Phi) is 5.06. The minimum absolute atomic E-state index is 0.0483. The lowest BCUT2D eigenvalue weighted by molar-refractivity contribution is -0.137. The third kappa shape index (κ3) is 3.36. The van der Waals surface area contributed by atoms with E-state index in [-0.39, 0.29) is 23.6 Å². The molecule has 0 saturated carbocycles. The summed E-state index contributed by atoms with van der Waals surface area (Å²) in [5, 5.41) is 16.3. The second-order valence-electron chi connectivity index (χ2n) is 7.43. The molecule has 0 N–H and O–H groups in total. The van der Waals surface area contributed by atoms with Crippen LogP contribution >= 0.6 is 0 Å². The van der Waals surface area contributed by atoms with E-state index in [1.807, 2.05) is 11.8 Å². The third-order valence-corrected chi connectivity index (χ3v) is 5.74. The summed E-state index contributed by atoms with van der Waals surface area (Å²) in [6.07, 6.45) is 3.93. The molecule has 1 aromatic carbocycles. The largest absolute Gasteiger partial charge is 0.356 e. The summed E-state index contributed by atoms with van der Waals surface area (Å²) in [7, 11) is 0. The smallest absolute Gasteiger partial charge is 0.247 e. The second-order valence-corrected chi connectivity index (χ2v) is 7.43. The van der Waals surface area contributed by atoms with Crippen LogP contribution in [-0.2, 0) is 4.79 Å². The van der Waals surface area contributed by atoms with Gasteiger partial charge in [-0.05, 0) is 41.3 Å². The van der Waals surface area contributed by atoms with Gasteiger partial charge in [-0.15, -0.1) is 5.10 Å². The first kappa shape index (κ1) is 18.5. The number of rotatable bonds is 5. The van der Waals surface area contributed by atoms with E-state index in [9.17, 15) is 9.18 Å². The van der Waals surface area contributed by atoms with Crippen LogP contribution in [0.3, 0.4) is 0 Å². The van der Waals surface area contributed by atoms with Crippen molar-refractivity contribution in [1.29, 1.82) is 0 Å². The summed E-state index contributed by atoms with van der Waals surface area (Å²) in [6, 6.07) is 4.09. The lowest BCUT2D eigenvalue weighted by atomic mass is 9.90. The van der Waals surface area contributed by atoms with Crippen molar-refractivity contribution in [3.05, 3.63) is 36.0 Å². The minimum Gasteiger partial charge on any atom is -0.356 e. The standard InChI is InChI=1S/C19H23FN6O2/c1-3-12(2)18(26-11-21-23-24-26)19(27)25-8-6-13(7-9-25)17-15-5-4-14(20)10-16(15)28-22-17/h4-5,10-13,18H,3,6-9H2,1-2H3/t12-,18-/m0/s1. The van der Waals surface area contributed by atoms with Gasteiger partial charge in [0.25, 0.3) is 0 Å². The Balaban J connectivity index is 1.47. The van der Waals surface area contributed by atoms with Gasteiger partial charge < -0.3 is 9.42 Å². The van der Waals surface area contributed by atoms with Gasteiger partial charge in [0.15, 0.2) is 5.58 Å². The van der Waals surface area contributed by atoms with Gasteiger partial charge in [0.1, 0.15) is 18.2 Å². The molecule has 0 spiro atoms. The van der Waals surface area contributed by atoms with E-state index in [0.717, 1.165) is 30.3 Å². The fourth-order valence-electron chi connectivity index (χ4n) is 3.92. The van der Waals surface area contributed by atoms with Crippen LogP contribution in [0.15, 0.2) is 29.0 Å². The molecule has 1 amide bonds. The number of benzene rings is 1. The van der Waals surface area contributed by atoms with Gasteiger partial charge in [0.05, 0.1) is 5.69 Å². The van der Waals surface area contributed by atoms with Crippen molar-refractivity contribution in [2.75, 3.05) is 13.1 Å². The fourth-order valence-corrected chi connectivity index (χ4v) is 3.92. The lowest BCUT2D eigenvalue weighted by Crippen LogP contribution is -2.44. The van der Waals surface area contributed by atoms with E-state index >= 15 is 0 Å². The highest BCUT2D eigenvalue weighted by Gasteiger charge is 2.34. The Morgan fingerprint density at radius 3 is 2.82 bits per heavy atom. The van der Waals surface area contributed by atoms with Crippen LogP contribution in [0.5, 0.6) is 0 Å². The maximum atomic E-state index is 13.4. The lowest BCUT2D eigenvalue weighted by Gasteiger charge is -2.34. The number of aromatic nitrogens is 5. The Morgan fingerprint density at radius 2 is 2.14 bits per heavy atom. The van der Waals surface area contributed by atoms with Gasteiger partial charge in [-0.1, -0.05) is 25.4 Å². The van der Waals surface area contributed by atoms with Gasteiger partial charge in [0.2, 0.25) is 5.91 Å². The number of carbonyl (C=O) groups is 1. The Morgan fingerprint density at radius 1 is 1.36 bits per heavy atom. The average Bonchev–Trinajstić information content (AvgIpc) is 3.37. The van der Waals surface area contributed by atoms with Crippen molar-refractivity contribution in [2.45, 2.75) is 45.1 Å². The van der Waals surface area contributed by atoms with Crippen LogP contribution in [0, 0.1) is 11.7 Å². The first-order valence-corrected chi connectivity index (χ1v) is 9.64. The van der Waals surface area contributed by atoms with Crippen LogP contribution in [0.2, 0.25) is 0 Å². The Hall–Kier alpha value is -2.84. The van der Waals surface area contributed by atoms with E-state index in [1.165, 1.54) is 18.5 Å².